The zero-order chi connectivity index (χ0) is 14.2. The summed E-state index contributed by atoms with van der Waals surface area (Å²) in [5.74, 6) is -0.775. The van der Waals surface area contributed by atoms with E-state index in [1.165, 1.54) is 12.1 Å². The highest BCUT2D eigenvalue weighted by Gasteiger charge is 2.16. The molecule has 0 heterocycles. The third-order valence-electron chi connectivity index (χ3n) is 3.26. The normalized spacial score (nSPS) is 10.6. The van der Waals surface area contributed by atoms with Gasteiger partial charge in [0.25, 0.3) is 0 Å². The molecule has 0 spiro atoms. The summed E-state index contributed by atoms with van der Waals surface area (Å²) in [6, 6.07) is 8.28. The highest BCUT2D eigenvalue weighted by molar-refractivity contribution is 9.10. The molecular formula is C16H14BrFO. The van der Waals surface area contributed by atoms with Gasteiger partial charge < -0.3 is 0 Å². The Morgan fingerprint density at radius 1 is 0.947 bits per heavy atom. The molecule has 0 aliphatic carbocycles. The average molecular weight is 321 g/mol. The molecule has 1 nitrogen and oxygen atoms in total. The first kappa shape index (κ1) is 13.9. The van der Waals surface area contributed by atoms with Crippen molar-refractivity contribution in [1.82, 2.24) is 0 Å². The van der Waals surface area contributed by atoms with Crippen molar-refractivity contribution in [3.05, 3.63) is 68.4 Å². The topological polar surface area (TPSA) is 17.1 Å². The van der Waals surface area contributed by atoms with Crippen LogP contribution in [-0.4, -0.2) is 5.78 Å². The van der Waals surface area contributed by atoms with Gasteiger partial charge in [-0.25, -0.2) is 4.39 Å². The van der Waals surface area contributed by atoms with Crippen LogP contribution in [0.4, 0.5) is 4.39 Å². The lowest BCUT2D eigenvalue weighted by Gasteiger charge is -2.09. The van der Waals surface area contributed by atoms with Crippen LogP contribution in [0.5, 0.6) is 0 Å². The van der Waals surface area contributed by atoms with Crippen molar-refractivity contribution in [1.29, 1.82) is 0 Å². The maximum absolute atomic E-state index is 13.8. The molecule has 3 heteroatoms. The van der Waals surface area contributed by atoms with Gasteiger partial charge in [-0.3, -0.25) is 4.79 Å². The molecule has 0 unspecified atom stereocenters. The van der Waals surface area contributed by atoms with Crippen LogP contribution in [-0.2, 0) is 0 Å². The van der Waals surface area contributed by atoms with Gasteiger partial charge in [-0.15, -0.1) is 0 Å². The van der Waals surface area contributed by atoms with Crippen LogP contribution in [0.15, 0.2) is 34.8 Å². The molecule has 0 bridgehead atoms. The maximum atomic E-state index is 13.8. The van der Waals surface area contributed by atoms with E-state index in [2.05, 4.69) is 15.9 Å². The molecule has 0 saturated carbocycles. The number of halogens is 2. The Morgan fingerprint density at radius 3 is 2.21 bits per heavy atom. The minimum Gasteiger partial charge on any atom is -0.288 e. The first-order valence-electron chi connectivity index (χ1n) is 5.97. The van der Waals surface area contributed by atoms with Gasteiger partial charge in [-0.2, -0.15) is 0 Å². The van der Waals surface area contributed by atoms with Gasteiger partial charge in [0.15, 0.2) is 5.78 Å². The molecule has 0 atom stereocenters. The third-order valence-corrected chi connectivity index (χ3v) is 3.75. The predicted molar refractivity (Wildman–Crippen MR) is 78.2 cm³/mol. The van der Waals surface area contributed by atoms with Crippen LogP contribution in [0.1, 0.15) is 32.6 Å². The lowest BCUT2D eigenvalue weighted by Crippen LogP contribution is -2.07. The van der Waals surface area contributed by atoms with Crippen LogP contribution < -0.4 is 0 Å². The number of carbonyl (C=O) groups excluding carboxylic acids is 1. The van der Waals surface area contributed by atoms with E-state index in [0.29, 0.717) is 10.0 Å². The molecule has 2 aromatic rings. The monoisotopic (exact) mass is 320 g/mol. The standard InChI is InChI=1S/C16H14BrFO/c1-9-6-11(3)14(7-10(9)2)16(19)13-5-4-12(17)8-15(13)18/h4-8H,1-3H3. The van der Waals surface area contributed by atoms with E-state index >= 15 is 0 Å². The molecule has 0 amide bonds. The van der Waals surface area contributed by atoms with E-state index in [0.717, 1.165) is 16.7 Å². The summed E-state index contributed by atoms with van der Waals surface area (Å²) in [6.45, 7) is 5.82. The predicted octanol–water partition coefficient (Wildman–Crippen LogP) is 4.74. The Bertz CT molecular complexity index is 662. The maximum Gasteiger partial charge on any atom is 0.196 e. The fourth-order valence-corrected chi connectivity index (χ4v) is 2.36. The molecule has 98 valence electrons. The molecule has 0 aliphatic heterocycles. The van der Waals surface area contributed by atoms with Crippen molar-refractivity contribution in [2.24, 2.45) is 0 Å². The Hall–Kier alpha value is -1.48. The van der Waals surface area contributed by atoms with Gasteiger partial charge in [-0.05, 0) is 61.7 Å². The molecule has 0 aliphatic rings. The number of ketones is 1. The summed E-state index contributed by atoms with van der Waals surface area (Å²) in [4.78, 5) is 12.4. The number of rotatable bonds is 2. The number of benzene rings is 2. The largest absolute Gasteiger partial charge is 0.288 e. The Balaban J connectivity index is 2.53. The van der Waals surface area contributed by atoms with E-state index < -0.39 is 5.82 Å². The summed E-state index contributed by atoms with van der Waals surface area (Å²) in [5, 5.41) is 0. The van der Waals surface area contributed by atoms with Gasteiger partial charge in [0, 0.05) is 10.0 Å². The van der Waals surface area contributed by atoms with Crippen LogP contribution in [0.25, 0.3) is 0 Å². The Kier molecular flexibility index (Phi) is 3.85. The van der Waals surface area contributed by atoms with Crippen LogP contribution in [0.2, 0.25) is 0 Å². The number of hydrogen-bond acceptors (Lipinski definition) is 1. The Labute approximate surface area is 120 Å². The van der Waals surface area contributed by atoms with E-state index in [1.807, 2.05) is 32.9 Å². The molecule has 2 aromatic carbocycles. The smallest absolute Gasteiger partial charge is 0.196 e. The van der Waals surface area contributed by atoms with Crippen molar-refractivity contribution in [2.45, 2.75) is 20.8 Å². The minimum absolute atomic E-state index is 0.106. The number of carbonyl (C=O) groups is 1. The highest BCUT2D eigenvalue weighted by Crippen LogP contribution is 2.22. The average Bonchev–Trinajstić information content (AvgIpc) is 2.33. The molecule has 0 radical (unpaired) electrons. The number of aryl methyl sites for hydroxylation is 3. The number of hydrogen-bond donors (Lipinski definition) is 0. The third kappa shape index (κ3) is 2.76. The molecule has 0 fully saturated rings. The van der Waals surface area contributed by atoms with E-state index in [9.17, 15) is 9.18 Å². The van der Waals surface area contributed by atoms with Crippen molar-refractivity contribution in [3.63, 3.8) is 0 Å². The van der Waals surface area contributed by atoms with Crippen molar-refractivity contribution in [3.8, 4) is 0 Å². The SMILES string of the molecule is Cc1cc(C)c(C(=O)c2ccc(Br)cc2F)cc1C. The fraction of sp³-hybridized carbons (Fsp3) is 0.188. The van der Waals surface area contributed by atoms with E-state index in [-0.39, 0.29) is 11.3 Å². The first-order valence-corrected chi connectivity index (χ1v) is 6.77. The van der Waals surface area contributed by atoms with Crippen LogP contribution in [0, 0.1) is 26.6 Å². The molecule has 0 N–H and O–H groups in total. The van der Waals surface area contributed by atoms with Gasteiger partial charge >= 0.3 is 0 Å². The summed E-state index contributed by atoms with van der Waals surface area (Å²) in [6.07, 6.45) is 0. The fourth-order valence-electron chi connectivity index (χ4n) is 2.02. The lowest BCUT2D eigenvalue weighted by molar-refractivity contribution is 0.103. The van der Waals surface area contributed by atoms with Crippen molar-refractivity contribution >= 4 is 21.7 Å². The van der Waals surface area contributed by atoms with Crippen LogP contribution >= 0.6 is 15.9 Å². The molecule has 0 aromatic heterocycles. The summed E-state index contributed by atoms with van der Waals surface area (Å²) >= 11 is 3.19. The summed E-state index contributed by atoms with van der Waals surface area (Å²) in [7, 11) is 0. The second-order valence-corrected chi connectivity index (χ2v) is 5.62. The zero-order valence-corrected chi connectivity index (χ0v) is 12.6. The first-order chi connectivity index (χ1) is 8.90. The van der Waals surface area contributed by atoms with Gasteiger partial charge in [0.2, 0.25) is 0 Å². The summed E-state index contributed by atoms with van der Waals surface area (Å²) < 4.78 is 14.5. The molecular weight excluding hydrogens is 307 g/mol. The van der Waals surface area contributed by atoms with Gasteiger partial charge in [0.1, 0.15) is 5.82 Å². The van der Waals surface area contributed by atoms with E-state index in [4.69, 9.17) is 0 Å². The van der Waals surface area contributed by atoms with Crippen LogP contribution in [0.3, 0.4) is 0 Å². The second kappa shape index (κ2) is 5.25. The molecule has 0 saturated heterocycles. The molecule has 2 rings (SSSR count). The van der Waals surface area contributed by atoms with E-state index in [1.54, 1.807) is 6.07 Å². The van der Waals surface area contributed by atoms with Crippen molar-refractivity contribution in [2.75, 3.05) is 0 Å². The lowest BCUT2D eigenvalue weighted by atomic mass is 9.94. The second-order valence-electron chi connectivity index (χ2n) is 4.70. The van der Waals surface area contributed by atoms with Gasteiger partial charge in [-0.1, -0.05) is 22.0 Å². The zero-order valence-electron chi connectivity index (χ0n) is 11.1. The molecule has 19 heavy (non-hydrogen) atoms. The van der Waals surface area contributed by atoms with Gasteiger partial charge in [0.05, 0.1) is 5.56 Å². The highest BCUT2D eigenvalue weighted by atomic mass is 79.9. The Morgan fingerprint density at radius 2 is 1.58 bits per heavy atom. The summed E-state index contributed by atoms with van der Waals surface area (Å²) in [5.41, 5.74) is 3.70. The van der Waals surface area contributed by atoms with Crippen molar-refractivity contribution < 1.29 is 9.18 Å². The quantitative estimate of drug-likeness (QED) is 0.730. The minimum atomic E-state index is -0.503.